The minimum Gasteiger partial charge on any atom is -0.324 e. The molecule has 0 aliphatic heterocycles. The summed E-state index contributed by atoms with van der Waals surface area (Å²) in [4.78, 5) is 19.9. The summed E-state index contributed by atoms with van der Waals surface area (Å²) in [6, 6.07) is 15.9. The Labute approximate surface area is 182 Å². The summed E-state index contributed by atoms with van der Waals surface area (Å²) < 4.78 is 40.6. The van der Waals surface area contributed by atoms with Gasteiger partial charge in [0.25, 0.3) is 0 Å². The van der Waals surface area contributed by atoms with Crippen molar-refractivity contribution < 1.29 is 18.0 Å². The average molecular weight is 493 g/mol. The van der Waals surface area contributed by atoms with Gasteiger partial charge >= 0.3 is 6.18 Å². The second-order valence-electron chi connectivity index (χ2n) is 5.92. The number of carbonyl (C=O) groups is 1. The summed E-state index contributed by atoms with van der Waals surface area (Å²) in [7, 11) is 0. The third-order valence-electron chi connectivity index (χ3n) is 3.79. The van der Waals surface area contributed by atoms with Gasteiger partial charge in [-0.05, 0) is 30.3 Å². The molecule has 1 heterocycles. The molecular weight excluding hydrogens is 481 g/mol. The Kier molecular flexibility index (Phi) is 6.74. The topological polar surface area (TPSA) is 78.7 Å². The average Bonchev–Trinajstić information content (AvgIpc) is 2.72. The first-order valence-electron chi connectivity index (χ1n) is 8.40. The Morgan fingerprint density at radius 3 is 2.50 bits per heavy atom. The van der Waals surface area contributed by atoms with Gasteiger partial charge in [-0.1, -0.05) is 52.0 Å². The van der Waals surface area contributed by atoms with E-state index in [1.807, 2.05) is 6.07 Å². The first-order chi connectivity index (χ1) is 14.3. The van der Waals surface area contributed by atoms with Gasteiger partial charge in [0, 0.05) is 10.0 Å². The smallest absolute Gasteiger partial charge is 0.324 e. The number of rotatable bonds is 5. The largest absolute Gasteiger partial charge is 0.433 e. The molecular formula is C20H12BrF3N4OS. The minimum absolute atomic E-state index is 0.0996. The molecule has 1 N–H and O–H groups in total. The number of benzene rings is 2. The lowest BCUT2D eigenvalue weighted by Gasteiger charge is -2.11. The van der Waals surface area contributed by atoms with Crippen LogP contribution in [0.3, 0.4) is 0 Å². The van der Waals surface area contributed by atoms with Crippen molar-refractivity contribution in [3.8, 4) is 17.3 Å². The van der Waals surface area contributed by atoms with Crippen molar-refractivity contribution >= 4 is 39.3 Å². The van der Waals surface area contributed by atoms with Crippen molar-refractivity contribution in [2.24, 2.45) is 0 Å². The third-order valence-corrected chi connectivity index (χ3v) is 5.17. The number of amides is 1. The fourth-order valence-electron chi connectivity index (χ4n) is 2.41. The van der Waals surface area contributed by atoms with Gasteiger partial charge in [0.05, 0.1) is 22.7 Å². The maximum absolute atomic E-state index is 13.3. The van der Waals surface area contributed by atoms with Crippen LogP contribution in [0.4, 0.5) is 18.9 Å². The van der Waals surface area contributed by atoms with E-state index in [1.165, 1.54) is 0 Å². The lowest BCUT2D eigenvalue weighted by Crippen LogP contribution is -2.16. The molecule has 5 nitrogen and oxygen atoms in total. The standard InChI is InChI=1S/C20H12BrF3N4OS/c21-14-7-5-12(6-8-14)16-9-17(20(22,23)24)28-19(27-16)30-11-18(29)26-15-4-2-1-3-13(15)10-25/h1-9H,11H2,(H,26,29). The number of hydrogen-bond donors (Lipinski definition) is 1. The van der Waals surface area contributed by atoms with Crippen molar-refractivity contribution in [1.29, 1.82) is 5.26 Å². The number of halogens is 4. The number of carbonyl (C=O) groups excluding carboxylic acids is 1. The molecule has 0 spiro atoms. The molecule has 3 aromatic rings. The van der Waals surface area contributed by atoms with Crippen LogP contribution in [0.2, 0.25) is 0 Å². The van der Waals surface area contributed by atoms with Gasteiger partial charge in [-0.15, -0.1) is 0 Å². The number of hydrogen-bond acceptors (Lipinski definition) is 5. The van der Waals surface area contributed by atoms with Gasteiger partial charge in [-0.2, -0.15) is 18.4 Å². The maximum Gasteiger partial charge on any atom is 0.433 e. The van der Waals surface area contributed by atoms with Gasteiger partial charge in [0.2, 0.25) is 5.91 Å². The van der Waals surface area contributed by atoms with Crippen LogP contribution in [-0.4, -0.2) is 21.6 Å². The van der Waals surface area contributed by atoms with Crippen LogP contribution < -0.4 is 5.32 Å². The summed E-state index contributed by atoms with van der Waals surface area (Å²) in [6.45, 7) is 0. The Morgan fingerprint density at radius 2 is 1.83 bits per heavy atom. The van der Waals surface area contributed by atoms with E-state index in [1.54, 1.807) is 48.5 Å². The number of anilines is 1. The predicted molar refractivity (Wildman–Crippen MR) is 111 cm³/mol. The third kappa shape index (κ3) is 5.58. The molecule has 152 valence electrons. The fourth-order valence-corrected chi connectivity index (χ4v) is 3.33. The number of nitrogens with one attached hydrogen (secondary N) is 1. The quantitative estimate of drug-likeness (QED) is 0.374. The van der Waals surface area contributed by atoms with Crippen LogP contribution in [0.5, 0.6) is 0 Å². The van der Waals surface area contributed by atoms with Gasteiger partial charge in [0.15, 0.2) is 5.16 Å². The summed E-state index contributed by atoms with van der Waals surface area (Å²) in [6.07, 6.45) is -4.66. The van der Waals surface area contributed by atoms with E-state index >= 15 is 0 Å². The predicted octanol–water partition coefficient (Wildman–Crippen LogP) is 5.53. The molecule has 0 radical (unpaired) electrons. The van der Waals surface area contributed by atoms with E-state index in [2.05, 4.69) is 31.2 Å². The van der Waals surface area contributed by atoms with Crippen LogP contribution in [0.15, 0.2) is 64.2 Å². The number of thioether (sulfide) groups is 1. The van der Waals surface area contributed by atoms with Crippen LogP contribution >= 0.6 is 27.7 Å². The minimum atomic E-state index is -4.66. The molecule has 1 amide bonds. The zero-order valence-corrected chi connectivity index (χ0v) is 17.5. The first-order valence-corrected chi connectivity index (χ1v) is 10.2. The first kappa shape index (κ1) is 21.8. The van der Waals surface area contributed by atoms with Gasteiger partial charge in [-0.3, -0.25) is 4.79 Å². The van der Waals surface area contributed by atoms with Gasteiger partial charge in [0.1, 0.15) is 11.8 Å². The van der Waals surface area contributed by atoms with Crippen molar-refractivity contribution in [3.63, 3.8) is 0 Å². The van der Waals surface area contributed by atoms with Crippen LogP contribution in [-0.2, 0) is 11.0 Å². The summed E-state index contributed by atoms with van der Waals surface area (Å²) in [5, 5.41) is 11.5. The Balaban J connectivity index is 1.81. The molecule has 2 aromatic carbocycles. The van der Waals surface area contributed by atoms with Gasteiger partial charge in [-0.25, -0.2) is 9.97 Å². The van der Waals surface area contributed by atoms with E-state index < -0.39 is 17.8 Å². The number of alkyl halides is 3. The van der Waals surface area contributed by atoms with Crippen LogP contribution in [0.25, 0.3) is 11.3 Å². The lowest BCUT2D eigenvalue weighted by molar-refractivity contribution is -0.141. The van der Waals surface area contributed by atoms with Crippen LogP contribution in [0.1, 0.15) is 11.3 Å². The molecule has 0 saturated heterocycles. The molecule has 3 rings (SSSR count). The SMILES string of the molecule is N#Cc1ccccc1NC(=O)CSc1nc(-c2ccc(Br)cc2)cc(C(F)(F)F)n1. The molecule has 10 heteroatoms. The highest BCUT2D eigenvalue weighted by atomic mass is 79.9. The van der Waals surface area contributed by atoms with E-state index in [9.17, 15) is 18.0 Å². The molecule has 0 atom stereocenters. The summed E-state index contributed by atoms with van der Waals surface area (Å²) in [5.74, 6) is -0.713. The molecule has 0 unspecified atom stereocenters. The second-order valence-corrected chi connectivity index (χ2v) is 7.78. The lowest BCUT2D eigenvalue weighted by atomic mass is 10.1. The van der Waals surface area contributed by atoms with Crippen molar-refractivity contribution in [1.82, 2.24) is 9.97 Å². The van der Waals surface area contributed by atoms with Crippen molar-refractivity contribution in [3.05, 3.63) is 70.3 Å². The Bertz CT molecular complexity index is 1110. The van der Waals surface area contributed by atoms with Crippen LogP contribution in [0, 0.1) is 11.3 Å². The normalized spacial score (nSPS) is 11.0. The molecule has 0 aliphatic carbocycles. The molecule has 1 aromatic heterocycles. The van der Waals surface area contributed by atoms with Crippen molar-refractivity contribution in [2.75, 3.05) is 11.1 Å². The van der Waals surface area contributed by atoms with Crippen molar-refractivity contribution in [2.45, 2.75) is 11.3 Å². The highest BCUT2D eigenvalue weighted by Crippen LogP contribution is 2.32. The zero-order chi connectivity index (χ0) is 21.7. The number of aromatic nitrogens is 2. The second kappa shape index (κ2) is 9.28. The number of para-hydroxylation sites is 1. The highest BCUT2D eigenvalue weighted by molar-refractivity contribution is 9.10. The zero-order valence-electron chi connectivity index (χ0n) is 15.1. The van der Waals surface area contributed by atoms with Gasteiger partial charge < -0.3 is 5.32 Å². The maximum atomic E-state index is 13.3. The van der Waals surface area contributed by atoms with E-state index in [0.29, 0.717) is 11.3 Å². The highest BCUT2D eigenvalue weighted by Gasteiger charge is 2.34. The molecule has 0 saturated carbocycles. The fraction of sp³-hybridized carbons (Fsp3) is 0.100. The Morgan fingerprint density at radius 1 is 1.13 bits per heavy atom. The van der Waals surface area contributed by atoms with E-state index in [4.69, 9.17) is 5.26 Å². The monoisotopic (exact) mass is 492 g/mol. The van der Waals surface area contributed by atoms with E-state index in [0.717, 1.165) is 22.3 Å². The summed E-state index contributed by atoms with van der Waals surface area (Å²) in [5.41, 5.74) is 0.103. The molecule has 0 bridgehead atoms. The molecule has 0 fully saturated rings. The molecule has 30 heavy (non-hydrogen) atoms. The molecule has 0 aliphatic rings. The number of nitrogens with zero attached hydrogens (tertiary/aromatic N) is 3. The number of nitriles is 1. The summed E-state index contributed by atoms with van der Waals surface area (Å²) >= 11 is 4.05. The Hall–Kier alpha value is -2.90. The van der Waals surface area contributed by atoms with E-state index in [-0.39, 0.29) is 22.2 Å².